The Morgan fingerprint density at radius 3 is 3.23 bits per heavy atom. The van der Waals surface area contributed by atoms with Gasteiger partial charge in [-0.25, -0.2) is 4.98 Å². The van der Waals surface area contributed by atoms with Crippen molar-refractivity contribution in [3.63, 3.8) is 0 Å². The molecule has 0 saturated heterocycles. The third-order valence-corrected chi connectivity index (χ3v) is 2.17. The summed E-state index contributed by atoms with van der Waals surface area (Å²) in [6.45, 7) is 1.69. The fraction of sp³-hybridized carbons (Fsp3) is 0.250. The van der Waals surface area contributed by atoms with Crippen LogP contribution in [0.25, 0.3) is 0 Å². The molecule has 0 aromatic carbocycles. The first-order chi connectivity index (χ1) is 6.16. The van der Waals surface area contributed by atoms with Crippen molar-refractivity contribution in [2.75, 3.05) is 5.32 Å². The maximum absolute atomic E-state index is 11.2. The first kappa shape index (κ1) is 8.50. The molecule has 13 heavy (non-hydrogen) atoms. The number of amides is 1. The van der Waals surface area contributed by atoms with Crippen molar-refractivity contribution in [3.8, 4) is 5.75 Å². The molecule has 0 saturated carbocycles. The Balaban J connectivity index is 2.42. The van der Waals surface area contributed by atoms with Crippen LogP contribution in [-0.2, 0) is 4.79 Å². The lowest BCUT2D eigenvalue weighted by Gasteiger charge is -2.22. The number of rotatable bonds is 0. The average Bonchev–Trinajstić information content (AvgIpc) is 2.08. The molecule has 1 aliphatic heterocycles. The smallest absolute Gasteiger partial charge is 0.266 e. The van der Waals surface area contributed by atoms with Crippen LogP contribution in [0.4, 0.5) is 5.82 Å². The molecule has 5 heteroatoms. The highest BCUT2D eigenvalue weighted by atomic mass is 79.9. The van der Waals surface area contributed by atoms with E-state index in [1.165, 1.54) is 0 Å². The highest BCUT2D eigenvalue weighted by Crippen LogP contribution is 2.29. The second-order valence-electron chi connectivity index (χ2n) is 2.75. The number of fused-ring (bicyclic) bond motifs is 1. The SMILES string of the molecule is CC1Oc2cc(Br)cnc2NC1=O. The highest BCUT2D eigenvalue weighted by molar-refractivity contribution is 9.10. The predicted octanol–water partition coefficient (Wildman–Crippen LogP) is 1.56. The monoisotopic (exact) mass is 242 g/mol. The molecule has 4 nitrogen and oxygen atoms in total. The van der Waals surface area contributed by atoms with Gasteiger partial charge in [-0.2, -0.15) is 0 Å². The van der Waals surface area contributed by atoms with Gasteiger partial charge in [0.1, 0.15) is 0 Å². The summed E-state index contributed by atoms with van der Waals surface area (Å²) in [6, 6.07) is 1.78. The van der Waals surface area contributed by atoms with Crippen LogP contribution in [-0.4, -0.2) is 17.0 Å². The van der Waals surface area contributed by atoms with E-state index in [1.807, 2.05) is 0 Å². The van der Waals surface area contributed by atoms with Gasteiger partial charge in [-0.1, -0.05) is 0 Å². The molecule has 1 unspecified atom stereocenters. The fourth-order valence-corrected chi connectivity index (χ4v) is 1.38. The molecule has 1 N–H and O–H groups in total. The summed E-state index contributed by atoms with van der Waals surface area (Å²) < 4.78 is 6.15. The summed E-state index contributed by atoms with van der Waals surface area (Å²) in [5.41, 5.74) is 0. The van der Waals surface area contributed by atoms with Crippen molar-refractivity contribution in [2.24, 2.45) is 0 Å². The number of nitrogens with one attached hydrogen (secondary N) is 1. The number of carbonyl (C=O) groups is 1. The summed E-state index contributed by atoms with van der Waals surface area (Å²) in [6.07, 6.45) is 1.15. The Labute approximate surface area is 83.4 Å². The number of ether oxygens (including phenoxy) is 1. The number of hydrogen-bond acceptors (Lipinski definition) is 3. The lowest BCUT2D eigenvalue weighted by Crippen LogP contribution is -2.34. The van der Waals surface area contributed by atoms with Crippen molar-refractivity contribution >= 4 is 27.7 Å². The van der Waals surface area contributed by atoms with Crippen LogP contribution in [0.1, 0.15) is 6.92 Å². The molecule has 0 aliphatic carbocycles. The Morgan fingerprint density at radius 2 is 2.46 bits per heavy atom. The van der Waals surface area contributed by atoms with Gasteiger partial charge in [-0.3, -0.25) is 4.79 Å². The molecule has 1 atom stereocenters. The lowest BCUT2D eigenvalue weighted by molar-refractivity contribution is -0.122. The van der Waals surface area contributed by atoms with Gasteiger partial charge >= 0.3 is 0 Å². The van der Waals surface area contributed by atoms with E-state index in [4.69, 9.17) is 4.74 Å². The lowest BCUT2D eigenvalue weighted by atomic mass is 10.3. The van der Waals surface area contributed by atoms with Crippen LogP contribution in [0.5, 0.6) is 5.75 Å². The van der Waals surface area contributed by atoms with Gasteiger partial charge in [0.15, 0.2) is 17.7 Å². The molecular formula is C8H7BrN2O2. The van der Waals surface area contributed by atoms with Crippen molar-refractivity contribution < 1.29 is 9.53 Å². The minimum atomic E-state index is -0.455. The molecule has 1 amide bonds. The van der Waals surface area contributed by atoms with Crippen molar-refractivity contribution in [2.45, 2.75) is 13.0 Å². The molecule has 0 bridgehead atoms. The largest absolute Gasteiger partial charge is 0.477 e. The number of aromatic nitrogens is 1. The normalized spacial score (nSPS) is 20.2. The zero-order chi connectivity index (χ0) is 9.42. The quantitative estimate of drug-likeness (QED) is 0.752. The van der Waals surface area contributed by atoms with Crippen molar-refractivity contribution in [3.05, 3.63) is 16.7 Å². The molecular weight excluding hydrogens is 236 g/mol. The van der Waals surface area contributed by atoms with Crippen molar-refractivity contribution in [1.29, 1.82) is 0 Å². The van der Waals surface area contributed by atoms with Crippen LogP contribution in [0.2, 0.25) is 0 Å². The maximum Gasteiger partial charge on any atom is 0.266 e. The molecule has 2 rings (SSSR count). The van der Waals surface area contributed by atoms with Gasteiger partial charge in [0.25, 0.3) is 5.91 Å². The van der Waals surface area contributed by atoms with Crippen molar-refractivity contribution in [1.82, 2.24) is 4.98 Å². The van der Waals surface area contributed by atoms with Crippen LogP contribution in [0, 0.1) is 0 Å². The zero-order valence-corrected chi connectivity index (χ0v) is 8.46. The summed E-state index contributed by atoms with van der Waals surface area (Å²) in [5, 5.41) is 2.64. The number of pyridine rings is 1. The number of halogens is 1. The molecule has 0 spiro atoms. The molecule has 1 aliphatic rings. The second kappa shape index (κ2) is 2.99. The molecule has 68 valence electrons. The molecule has 0 radical (unpaired) electrons. The van der Waals surface area contributed by atoms with E-state index in [0.717, 1.165) is 4.47 Å². The van der Waals surface area contributed by atoms with Crippen LogP contribution in [0.3, 0.4) is 0 Å². The number of nitrogens with zero attached hydrogens (tertiary/aromatic N) is 1. The molecule has 1 aromatic rings. The van der Waals surface area contributed by atoms with Gasteiger partial charge < -0.3 is 10.1 Å². The van der Waals surface area contributed by atoms with Crippen LogP contribution >= 0.6 is 15.9 Å². The average molecular weight is 243 g/mol. The Kier molecular flexibility index (Phi) is 1.95. The standard InChI is InChI=1S/C8H7BrN2O2/c1-4-8(12)11-7-6(13-4)2-5(9)3-10-7/h2-4H,1H3,(H,10,11,12). The van der Waals surface area contributed by atoms with Gasteiger partial charge in [-0.15, -0.1) is 0 Å². The molecule has 1 aromatic heterocycles. The van der Waals surface area contributed by atoms with E-state index in [9.17, 15) is 4.79 Å². The first-order valence-electron chi connectivity index (χ1n) is 3.80. The van der Waals surface area contributed by atoms with E-state index in [0.29, 0.717) is 11.6 Å². The first-order valence-corrected chi connectivity index (χ1v) is 4.59. The van der Waals surface area contributed by atoms with E-state index in [1.54, 1.807) is 19.2 Å². The topological polar surface area (TPSA) is 51.2 Å². The van der Waals surface area contributed by atoms with E-state index < -0.39 is 6.10 Å². The van der Waals surface area contributed by atoms with Gasteiger partial charge in [0.05, 0.1) is 0 Å². The zero-order valence-electron chi connectivity index (χ0n) is 6.87. The summed E-state index contributed by atoms with van der Waals surface area (Å²) in [5.74, 6) is 0.912. The highest BCUT2D eigenvalue weighted by Gasteiger charge is 2.24. The van der Waals surface area contributed by atoms with E-state index >= 15 is 0 Å². The maximum atomic E-state index is 11.2. The van der Waals surface area contributed by atoms with Crippen LogP contribution < -0.4 is 10.1 Å². The Hall–Kier alpha value is -1.10. The third kappa shape index (κ3) is 1.51. The van der Waals surface area contributed by atoms with Gasteiger partial charge in [-0.05, 0) is 28.9 Å². The second-order valence-corrected chi connectivity index (χ2v) is 3.67. The minimum absolute atomic E-state index is 0.165. The van der Waals surface area contributed by atoms with E-state index in [2.05, 4.69) is 26.2 Å². The Morgan fingerprint density at radius 1 is 1.69 bits per heavy atom. The number of hydrogen-bond donors (Lipinski definition) is 1. The summed E-state index contributed by atoms with van der Waals surface area (Å²) >= 11 is 3.27. The summed E-state index contributed by atoms with van der Waals surface area (Å²) in [4.78, 5) is 15.2. The number of anilines is 1. The fourth-order valence-electron chi connectivity index (χ4n) is 1.07. The van der Waals surface area contributed by atoms with Gasteiger partial charge in [0.2, 0.25) is 0 Å². The van der Waals surface area contributed by atoms with Crippen LogP contribution in [0.15, 0.2) is 16.7 Å². The molecule has 0 fully saturated rings. The minimum Gasteiger partial charge on any atom is -0.477 e. The predicted molar refractivity (Wildman–Crippen MR) is 50.7 cm³/mol. The third-order valence-electron chi connectivity index (χ3n) is 1.73. The molecule has 2 heterocycles. The van der Waals surface area contributed by atoms with Gasteiger partial charge in [0, 0.05) is 10.7 Å². The van der Waals surface area contributed by atoms with E-state index in [-0.39, 0.29) is 5.91 Å². The number of carbonyl (C=O) groups excluding carboxylic acids is 1. The summed E-state index contributed by atoms with van der Waals surface area (Å²) in [7, 11) is 0. The Bertz CT molecular complexity index is 367.